The van der Waals surface area contributed by atoms with Gasteiger partial charge >= 0.3 is 5.97 Å². The predicted octanol–water partition coefficient (Wildman–Crippen LogP) is 3.21. The van der Waals surface area contributed by atoms with Crippen LogP contribution in [0.2, 0.25) is 0 Å². The van der Waals surface area contributed by atoms with E-state index in [1.807, 2.05) is 42.2 Å². The van der Waals surface area contributed by atoms with Crippen LogP contribution in [0.1, 0.15) is 42.4 Å². The summed E-state index contributed by atoms with van der Waals surface area (Å²) in [6, 6.07) is 11.4. The molecule has 0 radical (unpaired) electrons. The lowest BCUT2D eigenvalue weighted by molar-refractivity contribution is 0.0519. The molecular formula is C21H24N4O3. The van der Waals surface area contributed by atoms with Crippen molar-refractivity contribution in [1.29, 1.82) is 0 Å². The Balaban J connectivity index is 1.96. The fourth-order valence-corrected chi connectivity index (χ4v) is 3.75. The first-order valence-electron chi connectivity index (χ1n) is 9.67. The first kappa shape index (κ1) is 18.4. The maximum absolute atomic E-state index is 12.5. The van der Waals surface area contributed by atoms with E-state index in [0.717, 1.165) is 41.8 Å². The standard InChI is InChI=1S/C21H24N4O3/c1-3-28-21(27)16-13-17(24-12-8-7-11-18(24)26)19-14(2)23-25(20(19)22-16)15-9-5-4-6-10-15/h4-6,9-10,13,18,26H,3,7-8,11-12H2,1-2H3. The summed E-state index contributed by atoms with van der Waals surface area (Å²) in [6.07, 6.45) is 2.08. The average Bonchev–Trinajstić information content (AvgIpc) is 3.05. The molecule has 0 bridgehead atoms. The Kier molecular flexibility index (Phi) is 5.00. The third kappa shape index (κ3) is 3.22. The maximum atomic E-state index is 12.5. The van der Waals surface area contributed by atoms with E-state index in [1.165, 1.54) is 0 Å². The molecule has 7 heteroatoms. The Hall–Kier alpha value is -2.93. The van der Waals surface area contributed by atoms with Gasteiger partial charge in [-0.05, 0) is 51.3 Å². The van der Waals surface area contributed by atoms with Crippen LogP contribution in [0, 0.1) is 6.92 Å². The number of fused-ring (bicyclic) bond motifs is 1. The van der Waals surface area contributed by atoms with Crippen molar-refractivity contribution in [3.63, 3.8) is 0 Å². The molecule has 1 atom stereocenters. The highest BCUT2D eigenvalue weighted by atomic mass is 16.5. The van der Waals surface area contributed by atoms with Gasteiger partial charge < -0.3 is 14.7 Å². The molecule has 1 unspecified atom stereocenters. The van der Waals surface area contributed by atoms with Crippen molar-refractivity contribution in [2.75, 3.05) is 18.1 Å². The second kappa shape index (κ2) is 7.59. The summed E-state index contributed by atoms with van der Waals surface area (Å²) in [7, 11) is 0. The van der Waals surface area contributed by atoms with Gasteiger partial charge in [-0.2, -0.15) is 5.10 Å². The smallest absolute Gasteiger partial charge is 0.357 e. The zero-order valence-electron chi connectivity index (χ0n) is 16.1. The second-order valence-electron chi connectivity index (χ2n) is 6.95. The number of piperidine rings is 1. The minimum atomic E-state index is -0.589. The summed E-state index contributed by atoms with van der Waals surface area (Å²) in [5.41, 5.74) is 3.25. The van der Waals surface area contributed by atoms with Crippen LogP contribution in [0.3, 0.4) is 0 Å². The molecule has 1 saturated heterocycles. The molecule has 7 nitrogen and oxygen atoms in total. The van der Waals surface area contributed by atoms with E-state index in [-0.39, 0.29) is 12.3 Å². The minimum Gasteiger partial charge on any atom is -0.461 e. The van der Waals surface area contributed by atoms with E-state index < -0.39 is 12.2 Å². The largest absolute Gasteiger partial charge is 0.461 e. The number of hydrogen-bond donors (Lipinski definition) is 1. The van der Waals surface area contributed by atoms with Gasteiger partial charge in [0, 0.05) is 6.54 Å². The number of ether oxygens (including phenoxy) is 1. The van der Waals surface area contributed by atoms with Gasteiger partial charge in [0.25, 0.3) is 0 Å². The topological polar surface area (TPSA) is 80.5 Å². The molecule has 0 amide bonds. The molecule has 146 valence electrons. The van der Waals surface area contributed by atoms with Gasteiger partial charge in [0.05, 0.1) is 29.1 Å². The third-order valence-corrected chi connectivity index (χ3v) is 5.06. The Labute approximate surface area is 163 Å². The lowest BCUT2D eigenvalue weighted by Gasteiger charge is -2.34. The summed E-state index contributed by atoms with van der Waals surface area (Å²) in [6.45, 7) is 4.69. The van der Waals surface area contributed by atoms with E-state index in [2.05, 4.69) is 10.1 Å². The first-order valence-corrected chi connectivity index (χ1v) is 9.67. The third-order valence-electron chi connectivity index (χ3n) is 5.06. The summed E-state index contributed by atoms with van der Waals surface area (Å²) in [5.74, 6) is -0.476. The lowest BCUT2D eigenvalue weighted by Crippen LogP contribution is -2.39. The molecule has 0 spiro atoms. The number of hydrogen-bond acceptors (Lipinski definition) is 6. The number of esters is 1. The van der Waals surface area contributed by atoms with E-state index in [1.54, 1.807) is 17.7 Å². The molecule has 1 aliphatic heterocycles. The number of carbonyl (C=O) groups excluding carboxylic acids is 1. The summed E-state index contributed by atoms with van der Waals surface area (Å²) in [5, 5.41) is 16.1. The number of aliphatic hydroxyl groups is 1. The number of aliphatic hydroxyl groups excluding tert-OH is 1. The minimum absolute atomic E-state index is 0.221. The SMILES string of the molecule is CCOC(=O)c1cc(N2CCCCC2O)c2c(C)nn(-c3ccccc3)c2n1. The number of rotatable bonds is 4. The number of aromatic nitrogens is 3. The van der Waals surface area contributed by atoms with Gasteiger partial charge in [-0.15, -0.1) is 0 Å². The molecule has 28 heavy (non-hydrogen) atoms. The molecule has 3 heterocycles. The van der Waals surface area contributed by atoms with Gasteiger partial charge in [-0.3, -0.25) is 0 Å². The number of benzene rings is 1. The molecule has 1 aromatic carbocycles. The Morgan fingerprint density at radius 2 is 2.07 bits per heavy atom. The Morgan fingerprint density at radius 3 is 2.79 bits per heavy atom. The van der Waals surface area contributed by atoms with Crippen molar-refractivity contribution in [3.8, 4) is 5.69 Å². The van der Waals surface area contributed by atoms with Crippen molar-refractivity contribution in [3.05, 3.63) is 47.8 Å². The highest BCUT2D eigenvalue weighted by Gasteiger charge is 2.27. The van der Waals surface area contributed by atoms with E-state index in [4.69, 9.17) is 4.74 Å². The number of anilines is 1. The second-order valence-corrected chi connectivity index (χ2v) is 6.95. The summed E-state index contributed by atoms with van der Waals surface area (Å²) in [4.78, 5) is 19.0. The quantitative estimate of drug-likeness (QED) is 0.700. The monoisotopic (exact) mass is 380 g/mol. The number of nitrogens with zero attached hydrogens (tertiary/aromatic N) is 4. The Bertz CT molecular complexity index is 1000. The fourth-order valence-electron chi connectivity index (χ4n) is 3.75. The van der Waals surface area contributed by atoms with Crippen LogP contribution >= 0.6 is 0 Å². The van der Waals surface area contributed by atoms with Crippen LogP contribution in [-0.2, 0) is 4.74 Å². The first-order chi connectivity index (χ1) is 13.6. The number of carbonyl (C=O) groups is 1. The molecule has 1 N–H and O–H groups in total. The molecule has 1 fully saturated rings. The van der Waals surface area contributed by atoms with Crippen molar-refractivity contribution < 1.29 is 14.6 Å². The zero-order chi connectivity index (χ0) is 19.7. The zero-order valence-corrected chi connectivity index (χ0v) is 16.1. The van der Waals surface area contributed by atoms with Crippen LogP contribution < -0.4 is 4.90 Å². The van der Waals surface area contributed by atoms with Crippen molar-refractivity contribution >= 4 is 22.7 Å². The van der Waals surface area contributed by atoms with Gasteiger partial charge in [0.1, 0.15) is 6.23 Å². The fraction of sp³-hybridized carbons (Fsp3) is 0.381. The number of aryl methyl sites for hydroxylation is 1. The number of para-hydroxylation sites is 1. The van der Waals surface area contributed by atoms with Gasteiger partial charge in [0.2, 0.25) is 0 Å². The van der Waals surface area contributed by atoms with Crippen LogP contribution in [0.15, 0.2) is 36.4 Å². The van der Waals surface area contributed by atoms with Crippen LogP contribution in [0.25, 0.3) is 16.7 Å². The Morgan fingerprint density at radius 1 is 1.29 bits per heavy atom. The van der Waals surface area contributed by atoms with Gasteiger partial charge in [-0.25, -0.2) is 14.5 Å². The normalized spacial score (nSPS) is 17.1. The van der Waals surface area contributed by atoms with Gasteiger partial charge in [-0.1, -0.05) is 18.2 Å². The highest BCUT2D eigenvalue weighted by Crippen LogP contribution is 2.34. The van der Waals surface area contributed by atoms with Crippen LogP contribution in [0.4, 0.5) is 5.69 Å². The highest BCUT2D eigenvalue weighted by molar-refractivity contribution is 5.98. The van der Waals surface area contributed by atoms with Crippen molar-refractivity contribution in [1.82, 2.24) is 14.8 Å². The van der Waals surface area contributed by atoms with E-state index in [0.29, 0.717) is 12.1 Å². The lowest BCUT2D eigenvalue weighted by atomic mass is 10.1. The molecular weight excluding hydrogens is 356 g/mol. The predicted molar refractivity (Wildman–Crippen MR) is 107 cm³/mol. The van der Waals surface area contributed by atoms with Crippen LogP contribution in [0.5, 0.6) is 0 Å². The average molecular weight is 380 g/mol. The van der Waals surface area contributed by atoms with Crippen LogP contribution in [-0.4, -0.2) is 45.2 Å². The molecule has 2 aromatic heterocycles. The van der Waals surface area contributed by atoms with E-state index >= 15 is 0 Å². The summed E-state index contributed by atoms with van der Waals surface area (Å²) >= 11 is 0. The van der Waals surface area contributed by atoms with E-state index in [9.17, 15) is 9.90 Å². The summed E-state index contributed by atoms with van der Waals surface area (Å²) < 4.78 is 6.93. The number of pyridine rings is 1. The van der Waals surface area contributed by atoms with Crippen molar-refractivity contribution in [2.24, 2.45) is 0 Å². The molecule has 3 aromatic rings. The maximum Gasteiger partial charge on any atom is 0.357 e. The molecule has 4 rings (SSSR count). The molecule has 1 aliphatic rings. The van der Waals surface area contributed by atoms with Gasteiger partial charge in [0.15, 0.2) is 11.3 Å². The molecule has 0 saturated carbocycles. The molecule has 0 aliphatic carbocycles. The van der Waals surface area contributed by atoms with Crippen molar-refractivity contribution in [2.45, 2.75) is 39.3 Å².